The van der Waals surface area contributed by atoms with Crippen molar-refractivity contribution in [2.24, 2.45) is 0 Å². The van der Waals surface area contributed by atoms with E-state index < -0.39 is 11.5 Å². The van der Waals surface area contributed by atoms with Crippen LogP contribution in [0.3, 0.4) is 0 Å². The van der Waals surface area contributed by atoms with Crippen LogP contribution in [-0.2, 0) is 20.7 Å². The molecular weight excluding hydrogens is 330 g/mol. The van der Waals surface area contributed by atoms with Crippen LogP contribution in [0.5, 0.6) is 0 Å². The number of methoxy groups -OCH3 is 1. The van der Waals surface area contributed by atoms with Gasteiger partial charge in [0.2, 0.25) is 5.91 Å². The molecule has 0 bridgehead atoms. The van der Waals surface area contributed by atoms with Crippen molar-refractivity contribution < 1.29 is 19.4 Å². The zero-order valence-electron chi connectivity index (χ0n) is 13.5. The summed E-state index contributed by atoms with van der Waals surface area (Å²) in [6.07, 6.45) is 3.26. The molecule has 2 N–H and O–H groups in total. The first-order valence-corrected chi connectivity index (χ1v) is 8.16. The number of rotatable bonds is 8. The third-order valence-corrected chi connectivity index (χ3v) is 4.19. The molecule has 0 radical (unpaired) electrons. The summed E-state index contributed by atoms with van der Waals surface area (Å²) in [5.41, 5.74) is 0.565. The van der Waals surface area contributed by atoms with Gasteiger partial charge < -0.3 is 15.2 Å². The maximum atomic E-state index is 12.2. The normalized spacial score (nSPS) is 13.2. The van der Waals surface area contributed by atoms with Crippen LogP contribution < -0.4 is 5.32 Å². The smallest absolute Gasteiger partial charge is 0.305 e. The second kappa shape index (κ2) is 7.98. The lowest BCUT2D eigenvalue weighted by Crippen LogP contribution is -2.51. The molecule has 7 nitrogen and oxygen atoms in total. The quantitative estimate of drug-likeness (QED) is 0.753. The lowest BCUT2D eigenvalue weighted by Gasteiger charge is -2.28. The van der Waals surface area contributed by atoms with Crippen molar-refractivity contribution in [2.45, 2.75) is 25.3 Å². The Morgan fingerprint density at radius 2 is 2.25 bits per heavy atom. The number of nitrogens with one attached hydrogen (secondary N) is 1. The molecule has 1 unspecified atom stereocenters. The maximum absolute atomic E-state index is 12.2. The van der Waals surface area contributed by atoms with Gasteiger partial charge in [0.25, 0.3) is 0 Å². The number of carbonyl (C=O) groups excluding carboxylic acids is 1. The number of pyridine rings is 1. The molecule has 8 heteroatoms. The number of carbonyl (C=O) groups is 2. The average Bonchev–Trinajstić information content (AvgIpc) is 2.95. The highest BCUT2D eigenvalue weighted by Crippen LogP contribution is 2.23. The van der Waals surface area contributed by atoms with Crippen LogP contribution in [-0.4, -0.2) is 46.2 Å². The number of carboxylic acid groups (broad SMARTS) is 1. The van der Waals surface area contributed by atoms with Crippen molar-refractivity contribution in [1.29, 1.82) is 0 Å². The van der Waals surface area contributed by atoms with Crippen LogP contribution in [0.4, 0.5) is 0 Å². The molecule has 0 aliphatic rings. The van der Waals surface area contributed by atoms with Gasteiger partial charge in [0, 0.05) is 30.4 Å². The molecule has 128 valence electrons. The fourth-order valence-electron chi connectivity index (χ4n) is 2.34. The molecule has 1 atom stereocenters. The van der Waals surface area contributed by atoms with Crippen molar-refractivity contribution in [2.75, 3.05) is 13.7 Å². The summed E-state index contributed by atoms with van der Waals surface area (Å²) >= 11 is 1.43. The lowest BCUT2D eigenvalue weighted by molar-refractivity contribution is -0.139. The molecular formula is C16H19N3O4S. The van der Waals surface area contributed by atoms with Gasteiger partial charge in [0.15, 0.2) is 0 Å². The van der Waals surface area contributed by atoms with E-state index in [4.69, 9.17) is 9.84 Å². The van der Waals surface area contributed by atoms with E-state index in [1.165, 1.54) is 18.4 Å². The Morgan fingerprint density at radius 3 is 2.88 bits per heavy atom. The summed E-state index contributed by atoms with van der Waals surface area (Å²) in [5, 5.41) is 14.3. The van der Waals surface area contributed by atoms with Gasteiger partial charge in [-0.15, -0.1) is 11.3 Å². The molecule has 0 aliphatic carbocycles. The molecule has 0 aromatic carbocycles. The largest absolute Gasteiger partial charge is 0.481 e. The van der Waals surface area contributed by atoms with E-state index >= 15 is 0 Å². The minimum Gasteiger partial charge on any atom is -0.481 e. The summed E-state index contributed by atoms with van der Waals surface area (Å²) < 4.78 is 5.02. The van der Waals surface area contributed by atoms with Crippen LogP contribution in [0, 0.1) is 0 Å². The topological polar surface area (TPSA) is 101 Å². The van der Waals surface area contributed by atoms with Crippen LogP contribution in [0.25, 0.3) is 10.6 Å². The van der Waals surface area contributed by atoms with Gasteiger partial charge in [-0.2, -0.15) is 0 Å². The van der Waals surface area contributed by atoms with Crippen molar-refractivity contribution >= 4 is 23.2 Å². The summed E-state index contributed by atoms with van der Waals surface area (Å²) in [6.45, 7) is 1.76. The number of aromatic nitrogens is 2. The zero-order valence-corrected chi connectivity index (χ0v) is 14.3. The van der Waals surface area contributed by atoms with Gasteiger partial charge in [-0.05, 0) is 19.1 Å². The van der Waals surface area contributed by atoms with Crippen molar-refractivity contribution in [1.82, 2.24) is 15.3 Å². The van der Waals surface area contributed by atoms with Gasteiger partial charge in [-0.1, -0.05) is 0 Å². The van der Waals surface area contributed by atoms with E-state index in [0.29, 0.717) is 5.69 Å². The number of ether oxygens (including phenoxy) is 1. The number of aliphatic carboxylic acids is 1. The van der Waals surface area contributed by atoms with E-state index in [0.717, 1.165) is 10.6 Å². The van der Waals surface area contributed by atoms with Gasteiger partial charge in [0.1, 0.15) is 5.01 Å². The Labute approximate surface area is 143 Å². The Balaban J connectivity index is 2.01. The second-order valence-corrected chi connectivity index (χ2v) is 6.53. The molecule has 2 rings (SSSR count). The number of hydrogen-bond donors (Lipinski definition) is 2. The summed E-state index contributed by atoms with van der Waals surface area (Å²) in [6, 6.07) is 3.73. The third kappa shape index (κ3) is 5.10. The molecule has 0 fully saturated rings. The first-order valence-electron chi connectivity index (χ1n) is 7.28. The number of carboxylic acids is 1. The summed E-state index contributed by atoms with van der Waals surface area (Å²) in [7, 11) is 1.47. The molecule has 2 aromatic rings. The van der Waals surface area contributed by atoms with Crippen molar-refractivity contribution in [3.8, 4) is 10.6 Å². The molecule has 1 amide bonds. The zero-order chi connectivity index (χ0) is 17.6. The van der Waals surface area contributed by atoms with Crippen LogP contribution in [0.2, 0.25) is 0 Å². The summed E-state index contributed by atoms with van der Waals surface area (Å²) in [5.74, 6) is -1.29. The Hall–Kier alpha value is -2.32. The SMILES string of the molecule is COCC(C)(CC(=O)O)NC(=O)Cc1csc(-c2cccnc2)n1. The second-order valence-electron chi connectivity index (χ2n) is 5.67. The van der Waals surface area contributed by atoms with Gasteiger partial charge in [-0.3, -0.25) is 14.6 Å². The maximum Gasteiger partial charge on any atom is 0.305 e. The first-order chi connectivity index (χ1) is 11.4. The Morgan fingerprint density at radius 1 is 1.46 bits per heavy atom. The highest BCUT2D eigenvalue weighted by molar-refractivity contribution is 7.13. The Bertz CT molecular complexity index is 704. The molecule has 2 aromatic heterocycles. The van der Waals surface area contributed by atoms with Gasteiger partial charge in [0.05, 0.1) is 30.7 Å². The number of hydrogen-bond acceptors (Lipinski definition) is 6. The first kappa shape index (κ1) is 18.0. The van der Waals surface area contributed by atoms with Crippen LogP contribution in [0.15, 0.2) is 29.9 Å². The molecule has 0 saturated carbocycles. The van der Waals surface area contributed by atoms with Crippen molar-refractivity contribution in [3.63, 3.8) is 0 Å². The van der Waals surface area contributed by atoms with E-state index in [1.54, 1.807) is 19.3 Å². The van der Waals surface area contributed by atoms with Crippen LogP contribution in [0.1, 0.15) is 19.0 Å². The molecule has 24 heavy (non-hydrogen) atoms. The molecule has 0 aliphatic heterocycles. The predicted octanol–water partition coefficient (Wildman–Crippen LogP) is 1.74. The minimum absolute atomic E-state index is 0.0791. The van der Waals surface area contributed by atoms with E-state index in [-0.39, 0.29) is 25.4 Å². The van der Waals surface area contributed by atoms with Crippen molar-refractivity contribution in [3.05, 3.63) is 35.6 Å². The van der Waals surface area contributed by atoms with E-state index in [2.05, 4.69) is 15.3 Å². The third-order valence-electron chi connectivity index (χ3n) is 3.25. The van der Waals surface area contributed by atoms with E-state index in [9.17, 15) is 9.59 Å². The summed E-state index contributed by atoms with van der Waals surface area (Å²) in [4.78, 5) is 31.7. The van der Waals surface area contributed by atoms with Gasteiger partial charge in [-0.25, -0.2) is 4.98 Å². The van der Waals surface area contributed by atoms with Crippen LogP contribution >= 0.6 is 11.3 Å². The monoisotopic (exact) mass is 349 g/mol. The Kier molecular flexibility index (Phi) is 5.99. The average molecular weight is 349 g/mol. The molecule has 2 heterocycles. The molecule has 0 spiro atoms. The highest BCUT2D eigenvalue weighted by Gasteiger charge is 2.29. The fraction of sp³-hybridized carbons (Fsp3) is 0.375. The minimum atomic E-state index is -0.998. The predicted molar refractivity (Wildman–Crippen MR) is 89.7 cm³/mol. The number of thiazole rings is 1. The molecule has 0 saturated heterocycles. The lowest BCUT2D eigenvalue weighted by atomic mass is 9.98. The highest BCUT2D eigenvalue weighted by atomic mass is 32.1. The van der Waals surface area contributed by atoms with Gasteiger partial charge >= 0.3 is 5.97 Å². The number of amides is 1. The fourth-order valence-corrected chi connectivity index (χ4v) is 3.15. The van der Waals surface area contributed by atoms with E-state index in [1.807, 2.05) is 17.5 Å². The standard InChI is InChI=1S/C16H19N3O4S/c1-16(10-23-2,7-14(21)22)19-13(20)6-12-9-24-15(18-12)11-4-3-5-17-8-11/h3-5,8-9H,6-7,10H2,1-2H3,(H,19,20)(H,21,22). The number of nitrogens with zero attached hydrogens (tertiary/aromatic N) is 2.